The van der Waals surface area contributed by atoms with E-state index in [1.807, 2.05) is 21.9 Å². The number of carbonyl (C=O) groups is 1. The average Bonchev–Trinajstić information content (AvgIpc) is 2.81. The van der Waals surface area contributed by atoms with E-state index >= 15 is 0 Å². The number of likely N-dealkylation sites (tertiary alicyclic amines) is 1. The first-order valence-electron chi connectivity index (χ1n) is 11.3. The molecular weight excluding hydrogens is 427 g/mol. The zero-order valence-electron chi connectivity index (χ0n) is 18.5. The van der Waals surface area contributed by atoms with Crippen LogP contribution in [0.2, 0.25) is 0 Å². The molecule has 2 aromatic rings. The number of rotatable bonds is 6. The number of nitro groups is 1. The fourth-order valence-electron chi connectivity index (χ4n) is 4.67. The quantitative estimate of drug-likeness (QED) is 0.525. The van der Waals surface area contributed by atoms with Crippen molar-refractivity contribution in [1.29, 1.82) is 0 Å². The van der Waals surface area contributed by atoms with Crippen LogP contribution in [0.5, 0.6) is 0 Å². The van der Waals surface area contributed by atoms with Crippen LogP contribution in [0.15, 0.2) is 36.5 Å². The van der Waals surface area contributed by atoms with Crippen LogP contribution < -0.4 is 5.73 Å². The summed E-state index contributed by atoms with van der Waals surface area (Å²) in [5.41, 5.74) is 6.78. The van der Waals surface area contributed by atoms with Crippen LogP contribution >= 0.6 is 0 Å². The molecule has 2 saturated heterocycles. The molecule has 0 saturated carbocycles. The van der Waals surface area contributed by atoms with E-state index in [2.05, 4.69) is 9.88 Å². The molecule has 2 aliphatic heterocycles. The number of nitrogens with zero attached hydrogens (tertiary/aromatic N) is 5. The number of nitrogen functional groups attached to an aromatic ring is 1. The minimum atomic E-state index is -0.566. The average molecular weight is 457 g/mol. The SMILES string of the molecule is Nc1cc(CN2CCC(C(=O)N3CCN(Cc4c(F)cccc4[N+](=O)[O-])CC3)CC2)ccn1. The fraction of sp³-hybridized carbons (Fsp3) is 0.478. The Morgan fingerprint density at radius 1 is 1.09 bits per heavy atom. The molecule has 1 aromatic heterocycles. The van der Waals surface area contributed by atoms with E-state index in [0.29, 0.717) is 32.0 Å². The second kappa shape index (κ2) is 10.2. The summed E-state index contributed by atoms with van der Waals surface area (Å²) in [7, 11) is 0. The highest BCUT2D eigenvalue weighted by Crippen LogP contribution is 2.25. The van der Waals surface area contributed by atoms with Gasteiger partial charge in [0.2, 0.25) is 5.91 Å². The highest BCUT2D eigenvalue weighted by molar-refractivity contribution is 5.79. The van der Waals surface area contributed by atoms with Gasteiger partial charge in [0, 0.05) is 57.4 Å². The molecule has 0 aliphatic carbocycles. The summed E-state index contributed by atoms with van der Waals surface area (Å²) < 4.78 is 14.2. The Balaban J connectivity index is 1.25. The Bertz CT molecular complexity index is 1000. The van der Waals surface area contributed by atoms with Gasteiger partial charge in [0.05, 0.1) is 10.5 Å². The van der Waals surface area contributed by atoms with Gasteiger partial charge in [-0.3, -0.25) is 24.7 Å². The van der Waals surface area contributed by atoms with Crippen LogP contribution in [0.3, 0.4) is 0 Å². The van der Waals surface area contributed by atoms with Crippen LogP contribution in [0.1, 0.15) is 24.0 Å². The predicted octanol–water partition coefficient (Wildman–Crippen LogP) is 2.27. The number of halogens is 1. The van der Waals surface area contributed by atoms with Crippen LogP contribution in [0.4, 0.5) is 15.9 Å². The van der Waals surface area contributed by atoms with Gasteiger partial charge in [-0.05, 0) is 49.7 Å². The van der Waals surface area contributed by atoms with E-state index in [1.54, 1.807) is 6.20 Å². The molecule has 1 amide bonds. The molecule has 0 unspecified atom stereocenters. The number of benzene rings is 1. The van der Waals surface area contributed by atoms with Crippen molar-refractivity contribution >= 4 is 17.4 Å². The molecule has 4 rings (SSSR count). The monoisotopic (exact) mass is 456 g/mol. The van der Waals surface area contributed by atoms with Crippen LogP contribution in [0, 0.1) is 21.8 Å². The number of piperidine rings is 1. The lowest BCUT2D eigenvalue weighted by Crippen LogP contribution is -2.51. The van der Waals surface area contributed by atoms with Gasteiger partial charge < -0.3 is 10.6 Å². The van der Waals surface area contributed by atoms with Gasteiger partial charge in [0.15, 0.2) is 0 Å². The minimum Gasteiger partial charge on any atom is -0.384 e. The number of carbonyl (C=O) groups excluding carboxylic acids is 1. The number of aromatic nitrogens is 1. The van der Waals surface area contributed by atoms with Crippen molar-refractivity contribution in [1.82, 2.24) is 19.7 Å². The Hall–Kier alpha value is -3.11. The molecular formula is C23H29FN6O3. The van der Waals surface area contributed by atoms with Gasteiger partial charge in [-0.25, -0.2) is 9.37 Å². The predicted molar refractivity (Wildman–Crippen MR) is 122 cm³/mol. The van der Waals surface area contributed by atoms with Crippen molar-refractivity contribution in [3.8, 4) is 0 Å². The number of pyridine rings is 1. The van der Waals surface area contributed by atoms with Crippen molar-refractivity contribution in [2.75, 3.05) is 45.0 Å². The Morgan fingerprint density at radius 2 is 1.79 bits per heavy atom. The summed E-state index contributed by atoms with van der Waals surface area (Å²) in [6, 6.07) is 7.77. The van der Waals surface area contributed by atoms with Crippen molar-refractivity contribution in [2.45, 2.75) is 25.9 Å². The largest absolute Gasteiger partial charge is 0.384 e. The first-order chi connectivity index (χ1) is 15.9. The van der Waals surface area contributed by atoms with Gasteiger partial charge in [0.1, 0.15) is 11.6 Å². The Morgan fingerprint density at radius 3 is 2.45 bits per heavy atom. The molecule has 2 fully saturated rings. The Labute approximate surface area is 192 Å². The van der Waals surface area contributed by atoms with Gasteiger partial charge in [-0.15, -0.1) is 0 Å². The number of anilines is 1. The third kappa shape index (κ3) is 5.63. The van der Waals surface area contributed by atoms with Crippen LogP contribution in [-0.4, -0.2) is 69.8 Å². The minimum absolute atomic E-state index is 0.0166. The van der Waals surface area contributed by atoms with Gasteiger partial charge in [-0.2, -0.15) is 0 Å². The summed E-state index contributed by atoms with van der Waals surface area (Å²) in [5, 5.41) is 11.2. The second-order valence-corrected chi connectivity index (χ2v) is 8.74. The van der Waals surface area contributed by atoms with Crippen molar-refractivity contribution in [3.05, 3.63) is 63.6 Å². The zero-order valence-corrected chi connectivity index (χ0v) is 18.5. The lowest BCUT2D eigenvalue weighted by atomic mass is 9.94. The van der Waals surface area contributed by atoms with E-state index in [0.717, 1.165) is 38.0 Å². The van der Waals surface area contributed by atoms with Crippen molar-refractivity contribution in [2.24, 2.45) is 5.92 Å². The molecule has 0 atom stereocenters. The molecule has 3 heterocycles. The van der Waals surface area contributed by atoms with E-state index < -0.39 is 10.7 Å². The highest BCUT2D eigenvalue weighted by Gasteiger charge is 2.31. The van der Waals surface area contributed by atoms with Crippen molar-refractivity contribution in [3.63, 3.8) is 0 Å². The van der Waals surface area contributed by atoms with Gasteiger partial charge in [0.25, 0.3) is 5.69 Å². The molecule has 176 valence electrons. The maximum atomic E-state index is 14.2. The van der Waals surface area contributed by atoms with E-state index in [9.17, 15) is 19.3 Å². The summed E-state index contributed by atoms with van der Waals surface area (Å²) in [5.74, 6) is 0.146. The number of hydrogen-bond acceptors (Lipinski definition) is 7. The number of nitro benzene ring substituents is 1. The number of hydrogen-bond donors (Lipinski definition) is 1. The maximum absolute atomic E-state index is 14.2. The molecule has 2 aliphatic rings. The van der Waals surface area contributed by atoms with E-state index in [1.165, 1.54) is 18.2 Å². The van der Waals surface area contributed by atoms with Gasteiger partial charge in [-0.1, -0.05) is 6.07 Å². The smallest absolute Gasteiger partial charge is 0.276 e. The van der Waals surface area contributed by atoms with Crippen LogP contribution in [0.25, 0.3) is 0 Å². The molecule has 33 heavy (non-hydrogen) atoms. The third-order valence-electron chi connectivity index (χ3n) is 6.55. The van der Waals surface area contributed by atoms with E-state index in [4.69, 9.17) is 5.73 Å². The third-order valence-corrected chi connectivity index (χ3v) is 6.55. The summed E-state index contributed by atoms with van der Waals surface area (Å²) >= 11 is 0. The molecule has 2 N–H and O–H groups in total. The summed E-state index contributed by atoms with van der Waals surface area (Å²) in [6.45, 7) is 4.93. The molecule has 9 nitrogen and oxygen atoms in total. The van der Waals surface area contributed by atoms with Gasteiger partial charge >= 0.3 is 0 Å². The first kappa shape index (κ1) is 23.1. The fourth-order valence-corrected chi connectivity index (χ4v) is 4.67. The van der Waals surface area contributed by atoms with E-state index in [-0.39, 0.29) is 29.6 Å². The zero-order chi connectivity index (χ0) is 23.4. The maximum Gasteiger partial charge on any atom is 0.276 e. The molecule has 1 aromatic carbocycles. The van der Waals surface area contributed by atoms with Crippen LogP contribution in [-0.2, 0) is 17.9 Å². The molecule has 0 radical (unpaired) electrons. The molecule has 0 spiro atoms. The number of piperazine rings is 1. The second-order valence-electron chi connectivity index (χ2n) is 8.74. The molecule has 0 bridgehead atoms. The Kier molecular flexibility index (Phi) is 7.14. The standard InChI is InChI=1S/C23H29FN6O3/c24-20-2-1-3-21(30(32)33)19(20)16-28-10-12-29(13-11-28)23(31)18-5-8-27(9-6-18)15-17-4-7-26-22(25)14-17/h1-4,7,14,18H,5-6,8-13,15-16H2,(H2,25,26). The number of amides is 1. The lowest BCUT2D eigenvalue weighted by Gasteiger charge is -2.38. The lowest BCUT2D eigenvalue weighted by molar-refractivity contribution is -0.386. The number of nitrogens with two attached hydrogens (primary N) is 1. The summed E-state index contributed by atoms with van der Waals surface area (Å²) in [4.78, 5) is 33.9. The normalized spacial score (nSPS) is 18.4. The van der Waals surface area contributed by atoms with Crippen molar-refractivity contribution < 1.29 is 14.1 Å². The molecule has 10 heteroatoms. The highest BCUT2D eigenvalue weighted by atomic mass is 19.1. The first-order valence-corrected chi connectivity index (χ1v) is 11.3. The topological polar surface area (TPSA) is 109 Å². The summed E-state index contributed by atoms with van der Waals surface area (Å²) in [6.07, 6.45) is 3.35.